The van der Waals surface area contributed by atoms with Gasteiger partial charge in [-0.15, -0.1) is 0 Å². The molecule has 6 heteroatoms. The number of nitrogens with zero attached hydrogens (tertiary/aromatic N) is 1. The zero-order chi connectivity index (χ0) is 13.7. The summed E-state index contributed by atoms with van der Waals surface area (Å²) in [4.78, 5) is 2.54. The molecule has 0 atom stereocenters. The van der Waals surface area contributed by atoms with Crippen molar-refractivity contribution < 1.29 is 13.5 Å². The van der Waals surface area contributed by atoms with Crippen molar-refractivity contribution in [2.45, 2.75) is 24.2 Å². The Bertz CT molecular complexity index is 493. The van der Waals surface area contributed by atoms with Gasteiger partial charge in [0.05, 0.1) is 4.90 Å². The normalized spacial score (nSPS) is 16.8. The highest BCUT2D eigenvalue weighted by molar-refractivity contribution is 7.89. The first-order chi connectivity index (χ1) is 9.08. The second kappa shape index (κ2) is 6.36. The van der Waals surface area contributed by atoms with Gasteiger partial charge in [-0.25, -0.2) is 13.1 Å². The molecule has 1 aromatic carbocycles. The number of likely N-dealkylation sites (tertiary alicyclic amines) is 1. The molecule has 1 aromatic rings. The van der Waals surface area contributed by atoms with E-state index in [1.165, 1.54) is 37.1 Å². The van der Waals surface area contributed by atoms with E-state index >= 15 is 0 Å². The molecule has 0 unspecified atom stereocenters. The molecule has 0 amide bonds. The Morgan fingerprint density at radius 1 is 1.16 bits per heavy atom. The summed E-state index contributed by atoms with van der Waals surface area (Å²) in [7, 11) is -3.45. The van der Waals surface area contributed by atoms with Crippen molar-refractivity contribution in [3.63, 3.8) is 0 Å². The van der Waals surface area contributed by atoms with E-state index in [-0.39, 0.29) is 10.6 Å². The Kier molecular flexibility index (Phi) is 4.79. The predicted molar refractivity (Wildman–Crippen MR) is 73.6 cm³/mol. The quantitative estimate of drug-likeness (QED) is 0.769. The lowest BCUT2D eigenvalue weighted by Gasteiger charge is -2.14. The Labute approximate surface area is 114 Å². The molecule has 2 rings (SSSR count). The molecule has 0 saturated carbocycles. The summed E-state index contributed by atoms with van der Waals surface area (Å²) in [6, 6.07) is 5.55. The van der Waals surface area contributed by atoms with E-state index in [1.807, 2.05) is 0 Å². The summed E-state index contributed by atoms with van der Waals surface area (Å²) in [6.45, 7) is 3.65. The summed E-state index contributed by atoms with van der Waals surface area (Å²) in [5, 5.41) is 9.14. The zero-order valence-corrected chi connectivity index (χ0v) is 11.7. The number of nitrogens with one attached hydrogen (secondary N) is 1. The zero-order valence-electron chi connectivity index (χ0n) is 10.9. The van der Waals surface area contributed by atoms with Crippen molar-refractivity contribution >= 4 is 10.0 Å². The van der Waals surface area contributed by atoms with Crippen LogP contribution in [0.5, 0.6) is 5.75 Å². The van der Waals surface area contributed by atoms with E-state index in [0.29, 0.717) is 6.54 Å². The van der Waals surface area contributed by atoms with Crippen molar-refractivity contribution in [2.24, 2.45) is 0 Å². The van der Waals surface area contributed by atoms with Crippen LogP contribution in [-0.4, -0.2) is 44.6 Å². The number of hydrogen-bond donors (Lipinski definition) is 2. The number of hydrogen-bond acceptors (Lipinski definition) is 4. The number of rotatable bonds is 6. The number of sulfonamides is 1. The molecular weight excluding hydrogens is 264 g/mol. The van der Waals surface area contributed by atoms with E-state index in [4.69, 9.17) is 5.11 Å². The highest BCUT2D eigenvalue weighted by atomic mass is 32.2. The van der Waals surface area contributed by atoms with Gasteiger partial charge in [-0.1, -0.05) is 0 Å². The molecular formula is C13H20N2O3S. The highest BCUT2D eigenvalue weighted by Crippen LogP contribution is 2.14. The molecule has 19 heavy (non-hydrogen) atoms. The third-order valence-corrected chi connectivity index (χ3v) is 4.77. The molecule has 1 heterocycles. The SMILES string of the molecule is O=S(=O)(NCCCN1CCCC1)c1ccc(O)cc1. The van der Waals surface area contributed by atoms with Gasteiger partial charge in [0, 0.05) is 6.54 Å². The Morgan fingerprint density at radius 3 is 2.42 bits per heavy atom. The van der Waals surface area contributed by atoms with Gasteiger partial charge >= 0.3 is 0 Å². The van der Waals surface area contributed by atoms with Crippen molar-refractivity contribution in [1.82, 2.24) is 9.62 Å². The first kappa shape index (κ1) is 14.3. The Hall–Kier alpha value is -1.11. The molecule has 5 nitrogen and oxygen atoms in total. The maximum atomic E-state index is 11.9. The van der Waals surface area contributed by atoms with E-state index in [0.717, 1.165) is 26.1 Å². The lowest BCUT2D eigenvalue weighted by Crippen LogP contribution is -2.28. The van der Waals surface area contributed by atoms with Gasteiger partial charge in [0.2, 0.25) is 10.0 Å². The molecule has 0 aliphatic carbocycles. The maximum Gasteiger partial charge on any atom is 0.240 e. The van der Waals surface area contributed by atoms with Crippen LogP contribution in [0.2, 0.25) is 0 Å². The van der Waals surface area contributed by atoms with Crippen LogP contribution in [0.15, 0.2) is 29.2 Å². The van der Waals surface area contributed by atoms with Crippen molar-refractivity contribution in [2.75, 3.05) is 26.2 Å². The maximum absolute atomic E-state index is 11.9. The number of benzene rings is 1. The van der Waals surface area contributed by atoms with Crippen LogP contribution in [0.25, 0.3) is 0 Å². The summed E-state index contributed by atoms with van der Waals surface area (Å²) < 4.78 is 26.4. The second-order valence-electron chi connectivity index (χ2n) is 4.79. The van der Waals surface area contributed by atoms with E-state index in [1.54, 1.807) is 0 Å². The largest absolute Gasteiger partial charge is 0.508 e. The van der Waals surface area contributed by atoms with Gasteiger partial charge in [-0.2, -0.15) is 0 Å². The Morgan fingerprint density at radius 2 is 1.79 bits per heavy atom. The molecule has 0 radical (unpaired) electrons. The lowest BCUT2D eigenvalue weighted by molar-refractivity contribution is 0.334. The third kappa shape index (κ3) is 4.19. The minimum atomic E-state index is -3.45. The molecule has 1 aliphatic rings. The second-order valence-corrected chi connectivity index (χ2v) is 6.56. The first-order valence-electron chi connectivity index (χ1n) is 6.59. The molecule has 0 aromatic heterocycles. The summed E-state index contributed by atoms with van der Waals surface area (Å²) >= 11 is 0. The molecule has 1 fully saturated rings. The van der Waals surface area contributed by atoms with Crippen LogP contribution in [0.1, 0.15) is 19.3 Å². The average molecular weight is 284 g/mol. The van der Waals surface area contributed by atoms with E-state index < -0.39 is 10.0 Å². The number of phenolic OH excluding ortho intramolecular Hbond substituents is 1. The van der Waals surface area contributed by atoms with Crippen LogP contribution in [0.3, 0.4) is 0 Å². The molecule has 2 N–H and O–H groups in total. The monoisotopic (exact) mass is 284 g/mol. The smallest absolute Gasteiger partial charge is 0.240 e. The fraction of sp³-hybridized carbons (Fsp3) is 0.538. The highest BCUT2D eigenvalue weighted by Gasteiger charge is 2.14. The van der Waals surface area contributed by atoms with Crippen LogP contribution < -0.4 is 4.72 Å². The van der Waals surface area contributed by atoms with E-state index in [2.05, 4.69) is 9.62 Å². The van der Waals surface area contributed by atoms with Gasteiger partial charge in [0.25, 0.3) is 0 Å². The fourth-order valence-corrected chi connectivity index (χ4v) is 3.30. The lowest BCUT2D eigenvalue weighted by atomic mass is 10.3. The molecule has 1 saturated heterocycles. The Balaban J connectivity index is 1.79. The predicted octanol–water partition coefficient (Wildman–Crippen LogP) is 1.16. The molecule has 0 spiro atoms. The van der Waals surface area contributed by atoms with Gasteiger partial charge < -0.3 is 10.0 Å². The van der Waals surface area contributed by atoms with Crippen molar-refractivity contribution in [3.05, 3.63) is 24.3 Å². The van der Waals surface area contributed by atoms with Crippen molar-refractivity contribution in [1.29, 1.82) is 0 Å². The summed E-state index contributed by atoms with van der Waals surface area (Å²) in [5.41, 5.74) is 0. The number of phenols is 1. The third-order valence-electron chi connectivity index (χ3n) is 3.29. The van der Waals surface area contributed by atoms with Crippen molar-refractivity contribution in [3.8, 4) is 5.75 Å². The van der Waals surface area contributed by atoms with Crippen LogP contribution >= 0.6 is 0 Å². The van der Waals surface area contributed by atoms with Crippen LogP contribution in [-0.2, 0) is 10.0 Å². The van der Waals surface area contributed by atoms with Gasteiger partial charge in [0.1, 0.15) is 5.75 Å². The van der Waals surface area contributed by atoms with Gasteiger partial charge in [-0.05, 0) is 63.2 Å². The first-order valence-corrected chi connectivity index (χ1v) is 8.07. The minimum Gasteiger partial charge on any atom is -0.508 e. The summed E-state index contributed by atoms with van der Waals surface area (Å²) in [6.07, 6.45) is 3.32. The standard InChI is InChI=1S/C13H20N2O3S/c16-12-4-6-13(7-5-12)19(17,18)14-8-3-11-15-9-1-2-10-15/h4-7,14,16H,1-3,8-11H2. The topological polar surface area (TPSA) is 69.6 Å². The van der Waals surface area contributed by atoms with Crippen LogP contribution in [0, 0.1) is 0 Å². The fourth-order valence-electron chi connectivity index (χ4n) is 2.22. The average Bonchev–Trinajstić information content (AvgIpc) is 2.88. The van der Waals surface area contributed by atoms with Gasteiger partial charge in [-0.3, -0.25) is 0 Å². The number of aromatic hydroxyl groups is 1. The molecule has 106 valence electrons. The molecule has 0 bridgehead atoms. The van der Waals surface area contributed by atoms with E-state index in [9.17, 15) is 8.42 Å². The minimum absolute atomic E-state index is 0.0629. The molecule has 1 aliphatic heterocycles. The van der Waals surface area contributed by atoms with Crippen LogP contribution in [0.4, 0.5) is 0 Å². The summed E-state index contributed by atoms with van der Waals surface area (Å²) in [5.74, 6) is 0.0629. The van der Waals surface area contributed by atoms with Gasteiger partial charge in [0.15, 0.2) is 0 Å².